The highest BCUT2D eigenvalue weighted by molar-refractivity contribution is 9.10. The van der Waals surface area contributed by atoms with Gasteiger partial charge in [-0.1, -0.05) is 15.9 Å². The number of aromatic nitrogens is 1. The van der Waals surface area contributed by atoms with Crippen LogP contribution in [0.3, 0.4) is 0 Å². The van der Waals surface area contributed by atoms with E-state index < -0.39 is 11.6 Å². The van der Waals surface area contributed by atoms with E-state index in [-0.39, 0.29) is 5.69 Å². The van der Waals surface area contributed by atoms with Crippen molar-refractivity contribution in [3.8, 4) is 0 Å². The Balaban J connectivity index is 2.13. The van der Waals surface area contributed by atoms with E-state index in [0.29, 0.717) is 26.8 Å². The lowest BCUT2D eigenvalue weighted by Crippen LogP contribution is -2.00. The molecule has 0 spiro atoms. The molecule has 3 N–H and O–H groups in total. The Morgan fingerprint density at radius 1 is 1.10 bits per heavy atom. The van der Waals surface area contributed by atoms with Gasteiger partial charge in [-0.25, -0.2) is 8.78 Å². The van der Waals surface area contributed by atoms with Crippen LogP contribution >= 0.6 is 15.9 Å². The standard InChI is InChI=1S/C15H10BrF2N3/c16-8-6-10(17)15(11(18)7-8)21-13-4-3-12(19)14-9(13)2-1-5-20-14/h1-7,21H,19H2. The Morgan fingerprint density at radius 2 is 1.81 bits per heavy atom. The molecule has 0 saturated heterocycles. The smallest absolute Gasteiger partial charge is 0.150 e. The minimum absolute atomic E-state index is 0.215. The van der Waals surface area contributed by atoms with E-state index in [1.165, 1.54) is 12.1 Å². The molecule has 0 amide bonds. The lowest BCUT2D eigenvalue weighted by atomic mass is 10.1. The first kappa shape index (κ1) is 13.8. The second kappa shape index (κ2) is 5.29. The molecule has 106 valence electrons. The van der Waals surface area contributed by atoms with Gasteiger partial charge < -0.3 is 11.1 Å². The van der Waals surface area contributed by atoms with Crippen molar-refractivity contribution in [2.45, 2.75) is 0 Å². The van der Waals surface area contributed by atoms with Gasteiger partial charge in [0, 0.05) is 21.7 Å². The molecule has 0 aliphatic heterocycles. The summed E-state index contributed by atoms with van der Waals surface area (Å²) >= 11 is 3.05. The molecule has 1 heterocycles. The van der Waals surface area contributed by atoms with Gasteiger partial charge in [-0.15, -0.1) is 0 Å². The minimum Gasteiger partial charge on any atom is -0.397 e. The maximum Gasteiger partial charge on any atom is 0.150 e. The largest absolute Gasteiger partial charge is 0.397 e. The van der Waals surface area contributed by atoms with Gasteiger partial charge in [0.2, 0.25) is 0 Å². The van der Waals surface area contributed by atoms with E-state index in [1.54, 1.807) is 30.5 Å². The highest BCUT2D eigenvalue weighted by Crippen LogP contribution is 2.32. The molecule has 0 fully saturated rings. The molecule has 6 heteroatoms. The fraction of sp³-hybridized carbons (Fsp3) is 0. The SMILES string of the molecule is Nc1ccc(Nc2c(F)cc(Br)cc2F)c2cccnc12. The second-order valence-electron chi connectivity index (χ2n) is 4.47. The molecule has 3 aromatic rings. The summed E-state index contributed by atoms with van der Waals surface area (Å²) in [5, 5.41) is 3.47. The molecule has 0 aliphatic rings. The zero-order valence-electron chi connectivity index (χ0n) is 10.7. The first-order valence-corrected chi connectivity index (χ1v) is 6.90. The lowest BCUT2D eigenvalue weighted by Gasteiger charge is -2.12. The summed E-state index contributed by atoms with van der Waals surface area (Å²) in [6.07, 6.45) is 1.61. The Kier molecular flexibility index (Phi) is 3.47. The van der Waals surface area contributed by atoms with Gasteiger partial charge >= 0.3 is 0 Å². The van der Waals surface area contributed by atoms with Crippen molar-refractivity contribution in [2.24, 2.45) is 0 Å². The Labute approximate surface area is 127 Å². The normalized spacial score (nSPS) is 10.8. The van der Waals surface area contributed by atoms with Crippen LogP contribution in [0.4, 0.5) is 25.8 Å². The number of pyridine rings is 1. The summed E-state index contributed by atoms with van der Waals surface area (Å²) in [6.45, 7) is 0. The molecular formula is C15H10BrF2N3. The lowest BCUT2D eigenvalue weighted by molar-refractivity contribution is 0.589. The van der Waals surface area contributed by atoms with E-state index in [4.69, 9.17) is 5.73 Å². The van der Waals surface area contributed by atoms with E-state index in [2.05, 4.69) is 26.2 Å². The first-order chi connectivity index (χ1) is 10.1. The Morgan fingerprint density at radius 3 is 2.52 bits per heavy atom. The number of nitrogens with one attached hydrogen (secondary N) is 1. The summed E-state index contributed by atoms with van der Waals surface area (Å²) in [4.78, 5) is 4.18. The molecule has 0 aliphatic carbocycles. The number of halogens is 3. The molecule has 3 rings (SSSR count). The van der Waals surface area contributed by atoms with E-state index in [0.717, 1.165) is 0 Å². The van der Waals surface area contributed by atoms with E-state index in [9.17, 15) is 8.78 Å². The number of nitrogens with two attached hydrogens (primary N) is 1. The van der Waals surface area contributed by atoms with Crippen LogP contribution in [0.5, 0.6) is 0 Å². The minimum atomic E-state index is -0.684. The number of benzene rings is 2. The molecule has 3 nitrogen and oxygen atoms in total. The third kappa shape index (κ3) is 2.54. The van der Waals surface area contributed by atoms with Crippen molar-refractivity contribution < 1.29 is 8.78 Å². The average molecular weight is 350 g/mol. The predicted molar refractivity (Wildman–Crippen MR) is 83.5 cm³/mol. The van der Waals surface area contributed by atoms with Crippen molar-refractivity contribution in [1.29, 1.82) is 0 Å². The van der Waals surface area contributed by atoms with E-state index in [1.807, 2.05) is 0 Å². The molecule has 21 heavy (non-hydrogen) atoms. The van der Waals surface area contributed by atoms with Gasteiger partial charge in [-0.3, -0.25) is 4.98 Å². The first-order valence-electron chi connectivity index (χ1n) is 6.11. The molecule has 0 saturated carbocycles. The van der Waals surface area contributed by atoms with Crippen molar-refractivity contribution in [2.75, 3.05) is 11.1 Å². The number of rotatable bonds is 2. The van der Waals surface area contributed by atoms with Gasteiger partial charge in [-0.2, -0.15) is 0 Å². The van der Waals surface area contributed by atoms with Crippen LogP contribution in [0.15, 0.2) is 47.1 Å². The number of nitrogen functional groups attached to an aromatic ring is 1. The fourth-order valence-electron chi connectivity index (χ4n) is 2.10. The fourth-order valence-corrected chi connectivity index (χ4v) is 2.50. The van der Waals surface area contributed by atoms with E-state index >= 15 is 0 Å². The van der Waals surface area contributed by atoms with Crippen LogP contribution in [-0.4, -0.2) is 4.98 Å². The number of nitrogens with zero attached hydrogens (tertiary/aromatic N) is 1. The van der Waals surface area contributed by atoms with Gasteiger partial charge in [-0.05, 0) is 36.4 Å². The van der Waals surface area contributed by atoms with Crippen LogP contribution in [-0.2, 0) is 0 Å². The third-order valence-corrected chi connectivity index (χ3v) is 3.53. The molecule has 2 aromatic carbocycles. The Bertz CT molecular complexity index is 813. The summed E-state index contributed by atoms with van der Waals surface area (Å²) < 4.78 is 28.1. The van der Waals surface area contributed by atoms with Crippen LogP contribution < -0.4 is 11.1 Å². The molecule has 1 aromatic heterocycles. The van der Waals surface area contributed by atoms with Crippen molar-refractivity contribution in [1.82, 2.24) is 4.98 Å². The Hall–Kier alpha value is -2.21. The number of fused-ring (bicyclic) bond motifs is 1. The summed E-state index contributed by atoms with van der Waals surface area (Å²) in [5.74, 6) is -1.37. The highest BCUT2D eigenvalue weighted by Gasteiger charge is 2.13. The monoisotopic (exact) mass is 349 g/mol. The molecule has 0 radical (unpaired) electrons. The van der Waals surface area contributed by atoms with Crippen molar-refractivity contribution in [3.63, 3.8) is 0 Å². The topological polar surface area (TPSA) is 50.9 Å². The van der Waals surface area contributed by atoms with Crippen LogP contribution in [0.2, 0.25) is 0 Å². The number of hydrogen-bond donors (Lipinski definition) is 2. The molecule has 0 bridgehead atoms. The molecule has 0 unspecified atom stereocenters. The number of hydrogen-bond acceptors (Lipinski definition) is 3. The van der Waals surface area contributed by atoms with Gasteiger partial charge in [0.1, 0.15) is 5.69 Å². The van der Waals surface area contributed by atoms with Crippen LogP contribution in [0, 0.1) is 11.6 Å². The summed E-state index contributed by atoms with van der Waals surface area (Å²) in [7, 11) is 0. The summed E-state index contributed by atoms with van der Waals surface area (Å²) in [5.41, 5.74) is 7.26. The van der Waals surface area contributed by atoms with Gasteiger partial charge in [0.15, 0.2) is 11.6 Å². The molecular weight excluding hydrogens is 340 g/mol. The third-order valence-electron chi connectivity index (χ3n) is 3.07. The van der Waals surface area contributed by atoms with Crippen molar-refractivity contribution >= 4 is 43.9 Å². The second-order valence-corrected chi connectivity index (χ2v) is 5.39. The van der Waals surface area contributed by atoms with Crippen LogP contribution in [0.1, 0.15) is 0 Å². The van der Waals surface area contributed by atoms with Gasteiger partial charge in [0.05, 0.1) is 11.2 Å². The molecule has 0 atom stereocenters. The van der Waals surface area contributed by atoms with Crippen molar-refractivity contribution in [3.05, 3.63) is 58.7 Å². The maximum atomic E-state index is 13.9. The summed E-state index contributed by atoms with van der Waals surface area (Å²) in [6, 6.07) is 9.23. The quantitative estimate of drug-likeness (QED) is 0.664. The maximum absolute atomic E-state index is 13.9. The predicted octanol–water partition coefficient (Wildman–Crippen LogP) is 4.60. The van der Waals surface area contributed by atoms with Gasteiger partial charge in [0.25, 0.3) is 0 Å². The zero-order valence-corrected chi connectivity index (χ0v) is 12.3. The number of anilines is 3. The highest BCUT2D eigenvalue weighted by atomic mass is 79.9. The van der Waals surface area contributed by atoms with Crippen LogP contribution in [0.25, 0.3) is 10.9 Å². The average Bonchev–Trinajstić information content (AvgIpc) is 2.45. The zero-order chi connectivity index (χ0) is 15.0.